The third-order valence-electron chi connectivity index (χ3n) is 7.05. The Morgan fingerprint density at radius 2 is 0.765 bits per heavy atom. The lowest BCUT2D eigenvalue weighted by molar-refractivity contribution is 1.58. The van der Waals surface area contributed by atoms with Crippen LogP contribution in [0.25, 0.3) is 66.4 Å². The van der Waals surface area contributed by atoms with Gasteiger partial charge in [-0.2, -0.15) is 0 Å². The van der Waals surface area contributed by atoms with Crippen LogP contribution in [-0.2, 0) is 0 Å². The van der Waals surface area contributed by atoms with Crippen molar-refractivity contribution in [2.24, 2.45) is 0 Å². The number of hydrogen-bond acceptors (Lipinski definition) is 0. The monoisotopic (exact) mass is 430 g/mol. The number of hydrogen-bond donors (Lipinski definition) is 0. The molecule has 0 saturated carbocycles. The molecule has 0 unspecified atom stereocenters. The Balaban J connectivity index is 1.30. The van der Waals surface area contributed by atoms with E-state index < -0.39 is 0 Å². The quantitative estimate of drug-likeness (QED) is 0.262. The van der Waals surface area contributed by atoms with Crippen LogP contribution in [0.3, 0.4) is 0 Å². The topological polar surface area (TPSA) is 0 Å². The lowest BCUT2D eigenvalue weighted by atomic mass is 9.93. The van der Waals surface area contributed by atoms with Gasteiger partial charge in [-0.15, -0.1) is 0 Å². The molecule has 0 heterocycles. The zero-order valence-electron chi connectivity index (χ0n) is 18.7. The fourth-order valence-corrected chi connectivity index (χ4v) is 5.41. The van der Waals surface area contributed by atoms with E-state index in [4.69, 9.17) is 0 Å². The van der Waals surface area contributed by atoms with Crippen molar-refractivity contribution in [1.82, 2.24) is 0 Å². The second-order valence-corrected chi connectivity index (χ2v) is 8.96. The summed E-state index contributed by atoms with van der Waals surface area (Å²) >= 11 is 0. The molecule has 7 rings (SSSR count). The highest BCUT2D eigenvalue weighted by molar-refractivity contribution is 6.18. The summed E-state index contributed by atoms with van der Waals surface area (Å²) in [5.41, 5.74) is 12.9. The second kappa shape index (κ2) is 7.57. The third kappa shape index (κ3) is 2.93. The Kier molecular flexibility index (Phi) is 4.25. The highest BCUT2D eigenvalue weighted by Crippen LogP contribution is 2.49. The van der Waals surface area contributed by atoms with Gasteiger partial charge >= 0.3 is 0 Å². The van der Waals surface area contributed by atoms with E-state index in [1.165, 1.54) is 66.4 Å². The summed E-state index contributed by atoms with van der Waals surface area (Å²) in [6.07, 6.45) is 0. The molecule has 1 aliphatic carbocycles. The van der Waals surface area contributed by atoms with Gasteiger partial charge in [0.05, 0.1) is 0 Å². The summed E-state index contributed by atoms with van der Waals surface area (Å²) in [5, 5.41) is 2.70. The number of benzene rings is 6. The summed E-state index contributed by atoms with van der Waals surface area (Å²) < 4.78 is 0. The summed E-state index contributed by atoms with van der Waals surface area (Å²) in [7, 11) is 0. The van der Waals surface area contributed by atoms with Gasteiger partial charge < -0.3 is 0 Å². The largest absolute Gasteiger partial charge is 0.0622 e. The fourth-order valence-electron chi connectivity index (χ4n) is 5.41. The van der Waals surface area contributed by atoms with E-state index in [9.17, 15) is 0 Å². The first kappa shape index (κ1) is 19.1. The Morgan fingerprint density at radius 1 is 0.265 bits per heavy atom. The average molecular weight is 431 g/mol. The molecule has 0 N–H and O–H groups in total. The van der Waals surface area contributed by atoms with E-state index in [0.29, 0.717) is 0 Å². The van der Waals surface area contributed by atoms with Crippen molar-refractivity contribution in [3.63, 3.8) is 0 Å². The number of fused-ring (bicyclic) bond motifs is 3. The molecule has 0 aliphatic heterocycles. The van der Waals surface area contributed by atoms with Crippen molar-refractivity contribution in [2.45, 2.75) is 0 Å². The maximum absolute atomic E-state index is 2.30. The minimum Gasteiger partial charge on any atom is -0.0622 e. The Hall–Kier alpha value is -4.42. The molecule has 0 nitrogen and oxygen atoms in total. The van der Waals surface area contributed by atoms with Gasteiger partial charge in [-0.3, -0.25) is 0 Å². The van der Waals surface area contributed by atoms with E-state index >= 15 is 0 Å². The first-order chi connectivity index (χ1) is 16.9. The highest BCUT2D eigenvalue weighted by atomic mass is 14.2. The maximum atomic E-state index is 2.30. The van der Waals surface area contributed by atoms with Gasteiger partial charge in [0.1, 0.15) is 0 Å². The van der Waals surface area contributed by atoms with Crippen LogP contribution in [-0.4, -0.2) is 0 Å². The minimum absolute atomic E-state index is 1.24. The average Bonchev–Trinajstić information content (AvgIpc) is 3.25. The highest BCUT2D eigenvalue weighted by Gasteiger charge is 2.21. The van der Waals surface area contributed by atoms with Crippen LogP contribution in [0.15, 0.2) is 133 Å². The Morgan fingerprint density at radius 3 is 1.50 bits per heavy atom. The van der Waals surface area contributed by atoms with E-state index in [0.717, 1.165) is 0 Å². The smallest absolute Gasteiger partial charge is 0.00201 e. The normalized spacial score (nSPS) is 11.5. The van der Waals surface area contributed by atoms with Crippen molar-refractivity contribution >= 4 is 10.8 Å². The predicted molar refractivity (Wildman–Crippen MR) is 145 cm³/mol. The molecule has 0 radical (unpaired) electrons. The van der Waals surface area contributed by atoms with Crippen LogP contribution in [0, 0.1) is 0 Å². The van der Waals surface area contributed by atoms with Gasteiger partial charge in [0.25, 0.3) is 0 Å². The molecule has 6 aromatic carbocycles. The molecule has 0 amide bonds. The fraction of sp³-hybridized carbons (Fsp3) is 0. The first-order valence-electron chi connectivity index (χ1n) is 11.8. The van der Waals surface area contributed by atoms with Crippen LogP contribution < -0.4 is 0 Å². The summed E-state index contributed by atoms with van der Waals surface area (Å²) in [4.78, 5) is 0. The lowest BCUT2D eigenvalue weighted by Crippen LogP contribution is -1.85. The summed E-state index contributed by atoms with van der Waals surface area (Å²) in [5.74, 6) is 0. The molecule has 34 heavy (non-hydrogen) atoms. The number of rotatable bonds is 3. The molecule has 6 aromatic rings. The molecule has 0 saturated heterocycles. The third-order valence-corrected chi connectivity index (χ3v) is 7.05. The van der Waals surface area contributed by atoms with Gasteiger partial charge in [-0.05, 0) is 72.5 Å². The Labute approximate surface area is 199 Å². The molecule has 0 spiro atoms. The van der Waals surface area contributed by atoms with E-state index in [1.807, 2.05) is 0 Å². The standard InChI is InChI=1S/C34H22/c1-2-8-23(9-3-1)26-10-6-11-27(22-26)24-16-18-25(19-17-24)28-20-21-33-30-13-5-4-12-29(30)32-15-7-14-31(28)34(32)33/h1-22H. The predicted octanol–water partition coefficient (Wildman–Crippen LogP) is 9.49. The van der Waals surface area contributed by atoms with E-state index in [2.05, 4.69) is 133 Å². The second-order valence-electron chi connectivity index (χ2n) is 8.96. The molecule has 0 aromatic heterocycles. The zero-order valence-corrected chi connectivity index (χ0v) is 18.7. The molecule has 1 aliphatic rings. The summed E-state index contributed by atoms with van der Waals surface area (Å²) in [6.45, 7) is 0. The SMILES string of the molecule is c1ccc(-c2cccc(-c3ccc(-c4ccc5c6c(cccc46)-c4ccccc4-5)cc3)c2)cc1. The molecule has 0 fully saturated rings. The van der Waals surface area contributed by atoms with Crippen molar-refractivity contribution in [2.75, 3.05) is 0 Å². The lowest BCUT2D eigenvalue weighted by Gasteiger charge is -2.11. The van der Waals surface area contributed by atoms with Crippen molar-refractivity contribution in [3.8, 4) is 55.6 Å². The van der Waals surface area contributed by atoms with Crippen LogP contribution in [0.1, 0.15) is 0 Å². The van der Waals surface area contributed by atoms with Crippen molar-refractivity contribution in [3.05, 3.63) is 133 Å². The van der Waals surface area contributed by atoms with Crippen LogP contribution in [0.5, 0.6) is 0 Å². The molecule has 0 bridgehead atoms. The first-order valence-corrected chi connectivity index (χ1v) is 11.8. The van der Waals surface area contributed by atoms with E-state index in [1.54, 1.807) is 0 Å². The maximum Gasteiger partial charge on any atom is -0.00201 e. The van der Waals surface area contributed by atoms with Gasteiger partial charge in [0.15, 0.2) is 0 Å². The minimum atomic E-state index is 1.24. The molecular weight excluding hydrogens is 408 g/mol. The van der Waals surface area contributed by atoms with Gasteiger partial charge in [0.2, 0.25) is 0 Å². The molecular formula is C34H22. The van der Waals surface area contributed by atoms with Crippen LogP contribution in [0.4, 0.5) is 0 Å². The van der Waals surface area contributed by atoms with Crippen LogP contribution in [0.2, 0.25) is 0 Å². The summed E-state index contributed by atoms with van der Waals surface area (Å²) in [6, 6.07) is 48.4. The van der Waals surface area contributed by atoms with E-state index in [-0.39, 0.29) is 0 Å². The van der Waals surface area contributed by atoms with Crippen molar-refractivity contribution < 1.29 is 0 Å². The van der Waals surface area contributed by atoms with Crippen molar-refractivity contribution in [1.29, 1.82) is 0 Å². The molecule has 158 valence electrons. The van der Waals surface area contributed by atoms with Gasteiger partial charge in [0, 0.05) is 0 Å². The molecule has 0 atom stereocenters. The van der Waals surface area contributed by atoms with Gasteiger partial charge in [-0.25, -0.2) is 0 Å². The Bertz CT molecular complexity index is 1640. The zero-order chi connectivity index (χ0) is 22.5. The van der Waals surface area contributed by atoms with Gasteiger partial charge in [-0.1, -0.05) is 127 Å². The van der Waals surface area contributed by atoms with Crippen LogP contribution >= 0.6 is 0 Å². The molecule has 0 heteroatoms.